The highest BCUT2D eigenvalue weighted by molar-refractivity contribution is 8.02. The molecule has 1 heterocycles. The molecule has 1 N–H and O–H groups in total. The van der Waals surface area contributed by atoms with Gasteiger partial charge in [-0.15, -0.1) is 11.8 Å². The van der Waals surface area contributed by atoms with Gasteiger partial charge in [0.1, 0.15) is 6.29 Å². The summed E-state index contributed by atoms with van der Waals surface area (Å²) in [7, 11) is 0. The fourth-order valence-corrected chi connectivity index (χ4v) is 1.16. The predicted octanol–water partition coefficient (Wildman–Crippen LogP) is 0.361. The normalized spacial score (nSPS) is 26.8. The molecule has 0 saturated heterocycles. The smallest absolute Gasteiger partial charge is 0.143 e. The molecular formula is C5H7NOS. The number of nitrogens with one attached hydrogen (secondary N) is 1. The Balaban J connectivity index is 2.37. The second-order valence-corrected chi connectivity index (χ2v) is 2.48. The molecule has 2 nitrogen and oxygen atoms in total. The van der Waals surface area contributed by atoms with E-state index in [0.717, 1.165) is 12.0 Å². The molecule has 0 bridgehead atoms. The summed E-state index contributed by atoms with van der Waals surface area (Å²) in [6.07, 6.45) is 2.73. The molecule has 1 rings (SSSR count). The Kier molecular flexibility index (Phi) is 1.97. The average molecular weight is 129 g/mol. The third kappa shape index (κ3) is 1.26. The van der Waals surface area contributed by atoms with Crippen molar-refractivity contribution in [3.05, 3.63) is 11.6 Å². The van der Waals surface area contributed by atoms with Crippen molar-refractivity contribution in [2.24, 2.45) is 0 Å². The molecule has 1 unspecified atom stereocenters. The van der Waals surface area contributed by atoms with Crippen LogP contribution in [0.1, 0.15) is 0 Å². The Morgan fingerprint density at radius 1 is 1.88 bits per heavy atom. The highest BCUT2D eigenvalue weighted by Gasteiger charge is 2.05. The average Bonchev–Trinajstić information content (AvgIpc) is 1.90. The molecule has 0 radical (unpaired) electrons. The first-order valence-electron chi connectivity index (χ1n) is 2.41. The van der Waals surface area contributed by atoms with E-state index in [1.54, 1.807) is 18.0 Å². The standard InChI is InChI=1S/C5H7NOS/c7-3-5-4-8-2-1-6-5/h1-3,5-6H,4H2. The fraction of sp³-hybridized carbons (Fsp3) is 0.400. The van der Waals surface area contributed by atoms with Crippen LogP contribution in [0.4, 0.5) is 0 Å². The minimum absolute atomic E-state index is 0.0324. The van der Waals surface area contributed by atoms with E-state index in [-0.39, 0.29) is 6.04 Å². The van der Waals surface area contributed by atoms with Gasteiger partial charge >= 0.3 is 0 Å². The lowest BCUT2D eigenvalue weighted by atomic mass is 10.4. The molecule has 1 aliphatic heterocycles. The van der Waals surface area contributed by atoms with Crippen LogP contribution in [0, 0.1) is 0 Å². The van der Waals surface area contributed by atoms with Crippen LogP contribution in [-0.4, -0.2) is 18.1 Å². The van der Waals surface area contributed by atoms with Crippen molar-refractivity contribution in [3.63, 3.8) is 0 Å². The summed E-state index contributed by atoms with van der Waals surface area (Å²) in [5.41, 5.74) is 0. The molecule has 1 atom stereocenters. The maximum Gasteiger partial charge on any atom is 0.143 e. The van der Waals surface area contributed by atoms with Crippen molar-refractivity contribution in [2.75, 3.05) is 5.75 Å². The molecule has 0 aliphatic carbocycles. The van der Waals surface area contributed by atoms with Gasteiger partial charge < -0.3 is 10.1 Å². The zero-order valence-electron chi connectivity index (χ0n) is 4.33. The largest absolute Gasteiger partial charge is 0.380 e. The van der Waals surface area contributed by atoms with Crippen molar-refractivity contribution in [1.29, 1.82) is 0 Å². The van der Waals surface area contributed by atoms with Crippen LogP contribution < -0.4 is 5.32 Å². The molecule has 0 spiro atoms. The SMILES string of the molecule is O=CC1CSC=CN1. The molecule has 0 fully saturated rings. The summed E-state index contributed by atoms with van der Waals surface area (Å²) in [5, 5.41) is 4.84. The zero-order chi connectivity index (χ0) is 5.82. The number of thioether (sulfide) groups is 1. The third-order valence-electron chi connectivity index (χ3n) is 0.915. The van der Waals surface area contributed by atoms with Crippen LogP contribution in [0.15, 0.2) is 11.6 Å². The van der Waals surface area contributed by atoms with Crippen molar-refractivity contribution < 1.29 is 4.79 Å². The Morgan fingerprint density at radius 3 is 3.12 bits per heavy atom. The van der Waals surface area contributed by atoms with Crippen molar-refractivity contribution in [3.8, 4) is 0 Å². The van der Waals surface area contributed by atoms with Gasteiger partial charge in [0.15, 0.2) is 0 Å². The van der Waals surface area contributed by atoms with E-state index in [0.29, 0.717) is 0 Å². The van der Waals surface area contributed by atoms with Crippen molar-refractivity contribution >= 4 is 18.0 Å². The van der Waals surface area contributed by atoms with E-state index >= 15 is 0 Å². The number of rotatable bonds is 1. The Morgan fingerprint density at radius 2 is 2.75 bits per heavy atom. The zero-order valence-corrected chi connectivity index (χ0v) is 5.15. The summed E-state index contributed by atoms with van der Waals surface area (Å²) in [4.78, 5) is 10.1. The monoisotopic (exact) mass is 129 g/mol. The number of carbonyl (C=O) groups is 1. The van der Waals surface area contributed by atoms with E-state index in [9.17, 15) is 4.79 Å². The van der Waals surface area contributed by atoms with Crippen LogP contribution in [-0.2, 0) is 4.79 Å². The molecule has 44 valence electrons. The number of aldehydes is 1. The molecule has 0 aromatic heterocycles. The number of hydrogen-bond acceptors (Lipinski definition) is 3. The van der Waals surface area contributed by atoms with Crippen LogP contribution in [0.5, 0.6) is 0 Å². The Hall–Kier alpha value is -0.440. The minimum atomic E-state index is 0.0324. The van der Waals surface area contributed by atoms with E-state index in [1.807, 2.05) is 5.41 Å². The molecule has 0 amide bonds. The summed E-state index contributed by atoms with van der Waals surface area (Å²) in [6.45, 7) is 0. The molecule has 1 aliphatic rings. The quantitative estimate of drug-likeness (QED) is 0.518. The second-order valence-electron chi connectivity index (χ2n) is 1.55. The van der Waals surface area contributed by atoms with Crippen molar-refractivity contribution in [2.45, 2.75) is 6.04 Å². The van der Waals surface area contributed by atoms with Gasteiger partial charge in [-0.2, -0.15) is 0 Å². The summed E-state index contributed by atoms with van der Waals surface area (Å²) < 4.78 is 0. The molecule has 3 heteroatoms. The van der Waals surface area contributed by atoms with Gasteiger partial charge in [-0.05, 0) is 5.41 Å². The Bertz CT molecular complexity index is 113. The van der Waals surface area contributed by atoms with Gasteiger partial charge in [0.05, 0.1) is 6.04 Å². The van der Waals surface area contributed by atoms with E-state index in [1.165, 1.54) is 0 Å². The maximum absolute atomic E-state index is 10.1. The molecular weight excluding hydrogens is 122 g/mol. The van der Waals surface area contributed by atoms with E-state index < -0.39 is 0 Å². The lowest BCUT2D eigenvalue weighted by Crippen LogP contribution is -2.29. The first kappa shape index (κ1) is 5.69. The summed E-state index contributed by atoms with van der Waals surface area (Å²) in [5.74, 6) is 0.861. The van der Waals surface area contributed by atoms with E-state index in [2.05, 4.69) is 5.32 Å². The number of carbonyl (C=O) groups excluding carboxylic acids is 1. The van der Waals surface area contributed by atoms with Gasteiger partial charge in [-0.25, -0.2) is 0 Å². The molecule has 8 heavy (non-hydrogen) atoms. The Labute approximate surface area is 52.3 Å². The van der Waals surface area contributed by atoms with Gasteiger partial charge in [0.25, 0.3) is 0 Å². The fourth-order valence-electron chi connectivity index (χ4n) is 0.497. The van der Waals surface area contributed by atoms with Crippen molar-refractivity contribution in [1.82, 2.24) is 5.32 Å². The minimum Gasteiger partial charge on any atom is -0.380 e. The van der Waals surface area contributed by atoms with Gasteiger partial charge in [0.2, 0.25) is 0 Å². The molecule has 0 saturated carbocycles. The lowest BCUT2D eigenvalue weighted by molar-refractivity contribution is -0.108. The second kappa shape index (κ2) is 2.77. The van der Waals surface area contributed by atoms with Crippen LogP contribution >= 0.6 is 11.8 Å². The van der Waals surface area contributed by atoms with Crippen LogP contribution in [0.2, 0.25) is 0 Å². The summed E-state index contributed by atoms with van der Waals surface area (Å²) in [6, 6.07) is 0.0324. The molecule has 0 aromatic rings. The van der Waals surface area contributed by atoms with Gasteiger partial charge in [-0.3, -0.25) is 0 Å². The highest BCUT2D eigenvalue weighted by Crippen LogP contribution is 2.06. The molecule has 0 aromatic carbocycles. The lowest BCUT2D eigenvalue weighted by Gasteiger charge is -2.11. The first-order chi connectivity index (χ1) is 3.93. The van der Waals surface area contributed by atoms with E-state index in [4.69, 9.17) is 0 Å². The maximum atomic E-state index is 10.1. The third-order valence-corrected chi connectivity index (χ3v) is 1.79. The number of hydrogen-bond donors (Lipinski definition) is 1. The first-order valence-corrected chi connectivity index (χ1v) is 3.46. The predicted molar refractivity (Wildman–Crippen MR) is 34.6 cm³/mol. The van der Waals surface area contributed by atoms with Gasteiger partial charge in [0, 0.05) is 12.0 Å². The van der Waals surface area contributed by atoms with Gasteiger partial charge in [-0.1, -0.05) is 0 Å². The summed E-state index contributed by atoms with van der Waals surface area (Å²) >= 11 is 1.65. The topological polar surface area (TPSA) is 29.1 Å². The van der Waals surface area contributed by atoms with Crippen LogP contribution in [0.25, 0.3) is 0 Å². The highest BCUT2D eigenvalue weighted by atomic mass is 32.2. The van der Waals surface area contributed by atoms with Crippen LogP contribution in [0.3, 0.4) is 0 Å².